The number of ether oxygens (including phenoxy) is 1. The highest BCUT2D eigenvalue weighted by Gasteiger charge is 2.13. The lowest BCUT2D eigenvalue weighted by atomic mass is 10.1. The Morgan fingerprint density at radius 1 is 1.03 bits per heavy atom. The van der Waals surface area contributed by atoms with Crippen LogP contribution in [-0.4, -0.2) is 5.91 Å². The van der Waals surface area contributed by atoms with Gasteiger partial charge in [-0.2, -0.15) is 5.26 Å². The van der Waals surface area contributed by atoms with Crippen LogP contribution in [-0.2, 0) is 11.4 Å². The molecule has 0 unspecified atom stereocenters. The zero-order valence-corrected chi connectivity index (χ0v) is 22.3. The molecule has 0 radical (unpaired) electrons. The number of anilines is 1. The Labute approximate surface area is 216 Å². The van der Waals surface area contributed by atoms with Crippen molar-refractivity contribution in [1.82, 2.24) is 0 Å². The largest absolute Gasteiger partial charge is 0.487 e. The van der Waals surface area contributed by atoms with Gasteiger partial charge in [-0.15, -0.1) is 0 Å². The van der Waals surface area contributed by atoms with Gasteiger partial charge in [-0.3, -0.25) is 4.79 Å². The third kappa shape index (κ3) is 6.33. The van der Waals surface area contributed by atoms with Crippen molar-refractivity contribution in [2.45, 2.75) is 27.4 Å². The molecule has 0 fully saturated rings. The molecule has 0 heterocycles. The van der Waals surface area contributed by atoms with E-state index in [-0.39, 0.29) is 5.57 Å². The van der Waals surface area contributed by atoms with Crippen molar-refractivity contribution in [1.29, 1.82) is 5.26 Å². The summed E-state index contributed by atoms with van der Waals surface area (Å²) >= 11 is 4.44. The van der Waals surface area contributed by atoms with Gasteiger partial charge in [0.1, 0.15) is 24.0 Å². The molecule has 0 aromatic heterocycles. The summed E-state index contributed by atoms with van der Waals surface area (Å²) in [7, 11) is 0. The molecule has 0 aliphatic rings. The van der Waals surface area contributed by atoms with Gasteiger partial charge in [0.25, 0.3) is 5.91 Å². The van der Waals surface area contributed by atoms with Gasteiger partial charge in [0.2, 0.25) is 0 Å². The lowest BCUT2D eigenvalue weighted by molar-refractivity contribution is -0.112. The first kappa shape index (κ1) is 24.3. The smallest absolute Gasteiger partial charge is 0.266 e. The first-order valence-electron chi connectivity index (χ1n) is 9.94. The van der Waals surface area contributed by atoms with Crippen molar-refractivity contribution >= 4 is 62.9 Å². The van der Waals surface area contributed by atoms with Crippen LogP contribution in [0.25, 0.3) is 6.08 Å². The zero-order chi connectivity index (χ0) is 23.3. The van der Waals surface area contributed by atoms with E-state index < -0.39 is 5.91 Å². The van der Waals surface area contributed by atoms with Crippen LogP contribution in [0.5, 0.6) is 5.75 Å². The van der Waals surface area contributed by atoms with Gasteiger partial charge in [0.15, 0.2) is 0 Å². The fourth-order valence-corrected chi connectivity index (χ4v) is 5.26. The minimum Gasteiger partial charge on any atom is -0.487 e. The minimum absolute atomic E-state index is 0.0472. The van der Waals surface area contributed by atoms with Crippen molar-refractivity contribution in [2.75, 3.05) is 5.32 Å². The monoisotopic (exact) mass is 648 g/mol. The third-order valence-electron chi connectivity index (χ3n) is 4.80. The van der Waals surface area contributed by atoms with E-state index in [1.807, 2.05) is 62.4 Å². The molecular weight excluding hydrogens is 626 g/mol. The molecular formula is C26H22I2N2O2. The van der Waals surface area contributed by atoms with Crippen molar-refractivity contribution in [3.63, 3.8) is 0 Å². The molecule has 0 atom stereocenters. The molecule has 3 rings (SSSR count). The lowest BCUT2D eigenvalue weighted by Crippen LogP contribution is -2.14. The van der Waals surface area contributed by atoms with E-state index in [9.17, 15) is 10.1 Å². The van der Waals surface area contributed by atoms with E-state index in [2.05, 4.69) is 69.6 Å². The summed E-state index contributed by atoms with van der Waals surface area (Å²) < 4.78 is 7.90. The van der Waals surface area contributed by atoms with Crippen LogP contribution in [0.4, 0.5) is 5.69 Å². The Kier molecular flexibility index (Phi) is 8.32. The second-order valence-electron chi connectivity index (χ2n) is 7.53. The molecule has 0 saturated carbocycles. The third-order valence-corrected chi connectivity index (χ3v) is 6.41. The molecule has 0 bridgehead atoms. The summed E-state index contributed by atoms with van der Waals surface area (Å²) in [6, 6.07) is 19.9. The van der Waals surface area contributed by atoms with E-state index in [0.717, 1.165) is 35.1 Å². The maximum atomic E-state index is 12.7. The van der Waals surface area contributed by atoms with E-state index in [1.54, 1.807) is 6.08 Å². The van der Waals surface area contributed by atoms with Gasteiger partial charge >= 0.3 is 0 Å². The molecule has 32 heavy (non-hydrogen) atoms. The van der Waals surface area contributed by atoms with E-state index in [1.165, 1.54) is 5.56 Å². The zero-order valence-electron chi connectivity index (χ0n) is 18.0. The second-order valence-corrected chi connectivity index (χ2v) is 9.86. The summed E-state index contributed by atoms with van der Waals surface area (Å²) in [6.07, 6.45) is 1.61. The molecule has 0 spiro atoms. The van der Waals surface area contributed by atoms with Crippen LogP contribution in [0.3, 0.4) is 0 Å². The maximum Gasteiger partial charge on any atom is 0.266 e. The SMILES string of the molecule is Cc1cccc(COc2c(I)cc(/C=C(\C#N)C(=O)Nc3cc(C)ccc3C)cc2I)c1. The van der Waals surface area contributed by atoms with Gasteiger partial charge < -0.3 is 10.1 Å². The Hall–Kier alpha value is -2.38. The number of nitrogens with one attached hydrogen (secondary N) is 1. The number of rotatable bonds is 6. The van der Waals surface area contributed by atoms with Crippen molar-refractivity contribution in [2.24, 2.45) is 0 Å². The number of hydrogen-bond donors (Lipinski definition) is 1. The molecule has 1 N–H and O–H groups in total. The average Bonchev–Trinajstić information content (AvgIpc) is 2.74. The molecule has 3 aromatic carbocycles. The molecule has 3 aromatic rings. The average molecular weight is 648 g/mol. The summed E-state index contributed by atoms with van der Waals surface area (Å²) in [5.41, 5.74) is 5.81. The summed E-state index contributed by atoms with van der Waals surface area (Å²) in [6.45, 7) is 6.42. The number of aryl methyl sites for hydroxylation is 3. The molecule has 4 nitrogen and oxygen atoms in total. The highest BCUT2D eigenvalue weighted by Crippen LogP contribution is 2.30. The van der Waals surface area contributed by atoms with Gasteiger partial charge in [-0.25, -0.2) is 0 Å². The van der Waals surface area contributed by atoms with Crippen molar-refractivity contribution < 1.29 is 9.53 Å². The maximum absolute atomic E-state index is 12.7. The van der Waals surface area contributed by atoms with Crippen LogP contribution < -0.4 is 10.1 Å². The van der Waals surface area contributed by atoms with Gasteiger partial charge in [-0.1, -0.05) is 42.0 Å². The van der Waals surface area contributed by atoms with Crippen LogP contribution in [0.15, 0.2) is 60.2 Å². The van der Waals surface area contributed by atoms with Crippen LogP contribution in [0.2, 0.25) is 0 Å². The van der Waals surface area contributed by atoms with E-state index >= 15 is 0 Å². The predicted octanol–water partition coefficient (Wildman–Crippen LogP) is 6.95. The van der Waals surface area contributed by atoms with Crippen LogP contribution >= 0.6 is 45.2 Å². The number of nitriles is 1. The molecule has 6 heteroatoms. The molecule has 0 aliphatic heterocycles. The number of hydrogen-bond acceptors (Lipinski definition) is 3. The topological polar surface area (TPSA) is 62.1 Å². The predicted molar refractivity (Wildman–Crippen MR) is 146 cm³/mol. The number of amides is 1. The number of carbonyl (C=O) groups excluding carboxylic acids is 1. The fourth-order valence-electron chi connectivity index (χ4n) is 3.13. The second kappa shape index (κ2) is 11.0. The first-order valence-corrected chi connectivity index (χ1v) is 12.1. The lowest BCUT2D eigenvalue weighted by Gasteiger charge is -2.12. The highest BCUT2D eigenvalue weighted by molar-refractivity contribution is 14.1. The fraction of sp³-hybridized carbons (Fsp3) is 0.154. The number of halogens is 2. The highest BCUT2D eigenvalue weighted by atomic mass is 127. The van der Waals surface area contributed by atoms with Gasteiger partial charge in [0, 0.05) is 5.69 Å². The molecule has 1 amide bonds. The first-order chi connectivity index (χ1) is 15.3. The minimum atomic E-state index is -0.425. The van der Waals surface area contributed by atoms with E-state index in [4.69, 9.17) is 4.74 Å². The Morgan fingerprint density at radius 3 is 2.38 bits per heavy atom. The molecule has 0 saturated heterocycles. The summed E-state index contributed by atoms with van der Waals surface area (Å²) in [5, 5.41) is 12.4. The van der Waals surface area contributed by atoms with Crippen LogP contribution in [0, 0.1) is 39.2 Å². The quantitative estimate of drug-likeness (QED) is 0.179. The van der Waals surface area contributed by atoms with Crippen molar-refractivity contribution in [3.05, 3.63) is 95.1 Å². The molecule has 162 valence electrons. The summed E-state index contributed by atoms with van der Waals surface area (Å²) in [4.78, 5) is 12.7. The van der Waals surface area contributed by atoms with Gasteiger partial charge in [-0.05, 0) is 112 Å². The summed E-state index contributed by atoms with van der Waals surface area (Å²) in [5.74, 6) is 0.370. The normalized spacial score (nSPS) is 11.1. The number of carbonyl (C=O) groups is 1. The van der Waals surface area contributed by atoms with E-state index in [0.29, 0.717) is 12.3 Å². The number of benzene rings is 3. The Bertz CT molecular complexity index is 1220. The standard InChI is InChI=1S/C26H22I2N2O2/c1-16-5-4-6-19(9-16)15-32-25-22(27)12-20(13-23(25)28)11-21(14-29)26(31)30-24-10-17(2)7-8-18(24)3/h4-13H,15H2,1-3H3,(H,30,31)/b21-11+. The van der Waals surface area contributed by atoms with Crippen LogP contribution in [0.1, 0.15) is 27.8 Å². The Morgan fingerprint density at radius 2 is 1.72 bits per heavy atom. The Balaban J connectivity index is 1.79. The molecule has 0 aliphatic carbocycles. The van der Waals surface area contributed by atoms with Crippen molar-refractivity contribution in [3.8, 4) is 11.8 Å². The number of nitrogens with zero attached hydrogens (tertiary/aromatic N) is 1. The van der Waals surface area contributed by atoms with Gasteiger partial charge in [0.05, 0.1) is 7.14 Å².